The van der Waals surface area contributed by atoms with Crippen molar-refractivity contribution in [3.63, 3.8) is 0 Å². The lowest BCUT2D eigenvalue weighted by atomic mass is 10.2. The quantitative estimate of drug-likeness (QED) is 0.443. The van der Waals surface area contributed by atoms with E-state index in [1.807, 2.05) is 28.8 Å². The summed E-state index contributed by atoms with van der Waals surface area (Å²) in [6.45, 7) is 4.31. The highest BCUT2D eigenvalue weighted by atomic mass is 79.9. The molecule has 1 fully saturated rings. The number of hydrogen-bond acceptors (Lipinski definition) is 6. The highest BCUT2D eigenvalue weighted by Crippen LogP contribution is 2.26. The Morgan fingerprint density at radius 2 is 2.11 bits per heavy atom. The molecule has 0 radical (unpaired) electrons. The summed E-state index contributed by atoms with van der Waals surface area (Å²) in [5, 5.41) is 9.14. The Morgan fingerprint density at radius 1 is 1.39 bits per heavy atom. The third-order valence-corrected chi connectivity index (χ3v) is 7.84. The molecule has 7 nitrogen and oxygen atoms in total. The molecule has 28 heavy (non-hydrogen) atoms. The molecule has 1 unspecified atom stereocenters. The summed E-state index contributed by atoms with van der Waals surface area (Å²) < 4.78 is 26.2. The van der Waals surface area contributed by atoms with Crippen LogP contribution in [0, 0.1) is 0 Å². The molecule has 0 aliphatic carbocycles. The van der Waals surface area contributed by atoms with Gasteiger partial charge in [0, 0.05) is 29.7 Å². The van der Waals surface area contributed by atoms with Gasteiger partial charge in [-0.05, 0) is 18.6 Å². The third kappa shape index (κ3) is 4.84. The lowest BCUT2D eigenvalue weighted by Gasteiger charge is -2.23. The first-order valence-corrected chi connectivity index (χ1v) is 12.3. The number of aromatic nitrogens is 3. The van der Waals surface area contributed by atoms with Crippen LogP contribution in [0.5, 0.6) is 0 Å². The molecule has 1 amide bonds. The van der Waals surface area contributed by atoms with Crippen molar-refractivity contribution < 1.29 is 13.2 Å². The van der Waals surface area contributed by atoms with Crippen molar-refractivity contribution in [3.05, 3.63) is 41.4 Å². The minimum absolute atomic E-state index is 0.0419. The van der Waals surface area contributed by atoms with Crippen LogP contribution >= 0.6 is 27.7 Å². The smallest absolute Gasteiger partial charge is 0.233 e. The zero-order chi connectivity index (χ0) is 20.3. The Balaban J connectivity index is 1.71. The third-order valence-electron chi connectivity index (χ3n) is 4.61. The summed E-state index contributed by atoms with van der Waals surface area (Å²) in [5.74, 6) is 0.943. The molecule has 0 saturated carbocycles. The lowest BCUT2D eigenvalue weighted by molar-refractivity contribution is -0.128. The summed E-state index contributed by atoms with van der Waals surface area (Å²) in [7, 11) is -1.36. The number of sulfone groups is 1. The van der Waals surface area contributed by atoms with Gasteiger partial charge in [0.15, 0.2) is 20.8 Å². The van der Waals surface area contributed by atoms with Crippen LogP contribution < -0.4 is 0 Å². The first-order valence-electron chi connectivity index (χ1n) is 8.69. The second-order valence-electron chi connectivity index (χ2n) is 6.56. The number of thioether (sulfide) groups is 1. The van der Waals surface area contributed by atoms with E-state index in [0.29, 0.717) is 23.9 Å². The van der Waals surface area contributed by atoms with Crippen molar-refractivity contribution in [2.75, 3.05) is 24.3 Å². The van der Waals surface area contributed by atoms with E-state index < -0.39 is 9.84 Å². The maximum Gasteiger partial charge on any atom is 0.233 e. The van der Waals surface area contributed by atoms with Crippen LogP contribution in [0.4, 0.5) is 0 Å². The molecule has 1 aromatic carbocycles. The van der Waals surface area contributed by atoms with Gasteiger partial charge in [0.25, 0.3) is 0 Å². The van der Waals surface area contributed by atoms with Gasteiger partial charge in [-0.2, -0.15) is 0 Å². The van der Waals surface area contributed by atoms with Gasteiger partial charge in [-0.15, -0.1) is 16.8 Å². The molecule has 0 N–H and O–H groups in total. The number of carbonyl (C=O) groups excluding carboxylic acids is 1. The molecule has 2 aromatic rings. The molecular weight excluding hydrogens is 464 g/mol. The lowest BCUT2D eigenvalue weighted by Crippen LogP contribution is -2.38. The first-order chi connectivity index (χ1) is 13.3. The van der Waals surface area contributed by atoms with Crippen LogP contribution in [0.2, 0.25) is 0 Å². The second kappa shape index (κ2) is 8.79. The standard InChI is InChI=1S/C18H21BrN4O3S2/c1-3-9-23-17(13-4-6-14(19)7-5-13)20-21-18(23)27-11-16(24)22(2)15-8-10-28(25,26)12-15/h3-7,15H,1,8-12H2,2H3. The number of allylic oxidation sites excluding steroid dienone is 1. The van der Waals surface area contributed by atoms with Crippen LogP contribution in [0.15, 0.2) is 46.5 Å². The number of halogens is 1. The predicted molar refractivity (Wildman–Crippen MR) is 114 cm³/mol. The molecule has 1 aromatic heterocycles. The van der Waals surface area contributed by atoms with Crippen molar-refractivity contribution in [2.45, 2.75) is 24.2 Å². The highest BCUT2D eigenvalue weighted by molar-refractivity contribution is 9.10. The summed E-state index contributed by atoms with van der Waals surface area (Å²) in [5.41, 5.74) is 0.920. The van der Waals surface area contributed by atoms with Gasteiger partial charge in [-0.25, -0.2) is 8.42 Å². The molecular formula is C18H21BrN4O3S2. The van der Waals surface area contributed by atoms with E-state index in [4.69, 9.17) is 0 Å². The average Bonchev–Trinajstić information content (AvgIpc) is 3.23. The zero-order valence-corrected chi connectivity index (χ0v) is 18.6. The van der Waals surface area contributed by atoms with Gasteiger partial charge in [0.05, 0.1) is 17.3 Å². The van der Waals surface area contributed by atoms with E-state index >= 15 is 0 Å². The molecule has 0 spiro atoms. The van der Waals surface area contributed by atoms with E-state index in [2.05, 4.69) is 32.7 Å². The topological polar surface area (TPSA) is 85.2 Å². The zero-order valence-electron chi connectivity index (χ0n) is 15.4. The monoisotopic (exact) mass is 484 g/mol. The largest absolute Gasteiger partial charge is 0.341 e. The number of benzene rings is 1. The minimum Gasteiger partial charge on any atom is -0.341 e. The molecule has 150 valence electrons. The fraction of sp³-hybridized carbons (Fsp3) is 0.389. The van der Waals surface area contributed by atoms with Gasteiger partial charge < -0.3 is 4.90 Å². The van der Waals surface area contributed by atoms with Crippen LogP contribution in [0.3, 0.4) is 0 Å². The van der Waals surface area contributed by atoms with E-state index in [9.17, 15) is 13.2 Å². The van der Waals surface area contributed by atoms with Crippen molar-refractivity contribution >= 4 is 43.4 Å². The molecule has 1 atom stereocenters. The van der Waals surface area contributed by atoms with Gasteiger partial charge in [0.1, 0.15) is 0 Å². The van der Waals surface area contributed by atoms with E-state index in [1.54, 1.807) is 18.0 Å². The molecule has 1 aliphatic rings. The van der Waals surface area contributed by atoms with Crippen molar-refractivity contribution in [2.24, 2.45) is 0 Å². The summed E-state index contributed by atoms with van der Waals surface area (Å²) in [4.78, 5) is 14.1. The molecule has 1 aliphatic heterocycles. The number of hydrogen-bond donors (Lipinski definition) is 0. The summed E-state index contributed by atoms with van der Waals surface area (Å²) >= 11 is 4.71. The van der Waals surface area contributed by atoms with Crippen LogP contribution in [-0.2, 0) is 21.2 Å². The summed E-state index contributed by atoms with van der Waals surface area (Å²) in [6.07, 6.45) is 2.25. The molecule has 2 heterocycles. The minimum atomic E-state index is -3.03. The highest BCUT2D eigenvalue weighted by Gasteiger charge is 2.32. The second-order valence-corrected chi connectivity index (χ2v) is 10.6. The number of rotatable bonds is 7. The first kappa shape index (κ1) is 21.1. The van der Waals surface area contributed by atoms with Gasteiger partial charge in [0.2, 0.25) is 5.91 Å². The average molecular weight is 485 g/mol. The predicted octanol–water partition coefficient (Wildman–Crippen LogP) is 2.63. The Kier molecular flexibility index (Phi) is 6.61. The van der Waals surface area contributed by atoms with E-state index in [0.717, 1.165) is 10.0 Å². The Bertz CT molecular complexity index is 973. The van der Waals surface area contributed by atoms with Gasteiger partial charge >= 0.3 is 0 Å². The molecule has 10 heteroatoms. The fourth-order valence-electron chi connectivity index (χ4n) is 3.01. The van der Waals surface area contributed by atoms with E-state index in [-0.39, 0.29) is 29.2 Å². The normalized spacial score (nSPS) is 18.1. The van der Waals surface area contributed by atoms with Crippen LogP contribution in [-0.4, -0.2) is 64.3 Å². The van der Waals surface area contributed by atoms with Crippen LogP contribution in [0.25, 0.3) is 11.4 Å². The van der Waals surface area contributed by atoms with Gasteiger partial charge in [-0.1, -0.05) is 45.9 Å². The summed E-state index contributed by atoms with van der Waals surface area (Å²) in [6, 6.07) is 7.51. The SMILES string of the molecule is C=CCn1c(SCC(=O)N(C)C2CCS(=O)(=O)C2)nnc1-c1ccc(Br)cc1. The maximum absolute atomic E-state index is 12.5. The Hall–Kier alpha value is -1.65. The Morgan fingerprint density at radius 3 is 2.71 bits per heavy atom. The number of carbonyl (C=O) groups is 1. The molecule has 3 rings (SSSR count). The molecule has 1 saturated heterocycles. The number of amides is 1. The van der Waals surface area contributed by atoms with Gasteiger partial charge in [-0.3, -0.25) is 9.36 Å². The van der Waals surface area contributed by atoms with E-state index in [1.165, 1.54) is 11.8 Å². The Labute approximate surface area is 177 Å². The van der Waals surface area contributed by atoms with Crippen molar-refractivity contribution in [1.82, 2.24) is 19.7 Å². The van der Waals surface area contributed by atoms with Crippen molar-refractivity contribution in [1.29, 1.82) is 0 Å². The maximum atomic E-state index is 12.5. The molecule has 0 bridgehead atoms. The number of nitrogens with zero attached hydrogens (tertiary/aromatic N) is 4. The van der Waals surface area contributed by atoms with Crippen LogP contribution in [0.1, 0.15) is 6.42 Å². The fourth-order valence-corrected chi connectivity index (χ4v) is 5.92. The van der Waals surface area contributed by atoms with Crippen molar-refractivity contribution in [3.8, 4) is 11.4 Å².